The van der Waals surface area contributed by atoms with Gasteiger partial charge in [0, 0.05) is 24.5 Å². The molecule has 0 fully saturated rings. The number of carbonyl (C=O) groups excluding carboxylic acids is 1. The Balaban J connectivity index is 1.70. The second kappa shape index (κ2) is 6.30. The van der Waals surface area contributed by atoms with Gasteiger partial charge in [0.05, 0.1) is 12.0 Å². The quantitative estimate of drug-likeness (QED) is 0.679. The van der Waals surface area contributed by atoms with Gasteiger partial charge in [0.1, 0.15) is 17.8 Å². The van der Waals surface area contributed by atoms with Crippen LogP contribution in [0.1, 0.15) is 15.9 Å². The van der Waals surface area contributed by atoms with Crippen LogP contribution in [0.15, 0.2) is 55.1 Å². The minimum absolute atomic E-state index is 0.227. The number of aryl methyl sites for hydroxylation is 2. The van der Waals surface area contributed by atoms with Crippen LogP contribution in [0.2, 0.25) is 0 Å². The van der Waals surface area contributed by atoms with Gasteiger partial charge < -0.3 is 4.57 Å². The fourth-order valence-corrected chi connectivity index (χ4v) is 2.18. The Morgan fingerprint density at radius 1 is 1.09 bits per heavy atom. The summed E-state index contributed by atoms with van der Waals surface area (Å²) in [5.41, 5.74) is 3.04. The van der Waals surface area contributed by atoms with Crippen LogP contribution in [-0.4, -0.2) is 20.8 Å². The molecule has 0 unspecified atom stereocenters. The molecule has 2 aromatic heterocycles. The highest BCUT2D eigenvalue weighted by atomic mass is 19.1. The third-order valence-corrected chi connectivity index (χ3v) is 3.39. The molecule has 110 valence electrons. The second-order valence-corrected chi connectivity index (χ2v) is 4.97. The molecule has 3 aromatic rings. The van der Waals surface area contributed by atoms with E-state index in [1.54, 1.807) is 36.8 Å². The van der Waals surface area contributed by atoms with Crippen LogP contribution in [0.25, 0.3) is 11.4 Å². The van der Waals surface area contributed by atoms with E-state index >= 15 is 0 Å². The lowest BCUT2D eigenvalue weighted by atomic mass is 10.1. The lowest BCUT2D eigenvalue weighted by molar-refractivity contribution is 0.112. The van der Waals surface area contributed by atoms with Crippen LogP contribution in [0.4, 0.5) is 4.39 Å². The Kier molecular flexibility index (Phi) is 4.05. The fraction of sp³-hybridized carbons (Fsp3) is 0.118. The molecule has 1 aromatic carbocycles. The second-order valence-electron chi connectivity index (χ2n) is 4.97. The van der Waals surface area contributed by atoms with Crippen LogP contribution in [0, 0.1) is 5.82 Å². The van der Waals surface area contributed by atoms with Gasteiger partial charge in [-0.1, -0.05) is 12.1 Å². The number of aldehydes is 1. The highest BCUT2D eigenvalue weighted by molar-refractivity contribution is 5.76. The summed E-state index contributed by atoms with van der Waals surface area (Å²) in [7, 11) is 0. The first-order valence-corrected chi connectivity index (χ1v) is 6.92. The average Bonchev–Trinajstić information content (AvgIpc) is 3.03. The number of pyridine rings is 1. The summed E-state index contributed by atoms with van der Waals surface area (Å²) in [6.45, 7) is 0.742. The van der Waals surface area contributed by atoms with Gasteiger partial charge in [-0.2, -0.15) is 0 Å². The fourth-order valence-electron chi connectivity index (χ4n) is 2.18. The predicted octanol–water partition coefficient (Wildman–Crippen LogP) is 3.14. The lowest BCUT2D eigenvalue weighted by Crippen LogP contribution is -1.98. The third-order valence-electron chi connectivity index (χ3n) is 3.39. The summed E-state index contributed by atoms with van der Waals surface area (Å²) < 4.78 is 14.8. The van der Waals surface area contributed by atoms with Crippen molar-refractivity contribution in [2.24, 2.45) is 0 Å². The summed E-state index contributed by atoms with van der Waals surface area (Å²) in [5, 5.41) is 0. The number of imidazole rings is 1. The molecule has 0 bridgehead atoms. The van der Waals surface area contributed by atoms with Crippen molar-refractivity contribution >= 4 is 6.29 Å². The van der Waals surface area contributed by atoms with Crippen LogP contribution < -0.4 is 0 Å². The molecular formula is C17H14FN3O. The molecule has 0 saturated heterocycles. The van der Waals surface area contributed by atoms with Crippen LogP contribution in [-0.2, 0) is 13.0 Å². The van der Waals surface area contributed by atoms with Crippen LogP contribution in [0.5, 0.6) is 0 Å². The van der Waals surface area contributed by atoms with E-state index in [4.69, 9.17) is 0 Å². The molecule has 0 atom stereocenters. The molecular weight excluding hydrogens is 281 g/mol. The number of halogens is 1. The van der Waals surface area contributed by atoms with Crippen molar-refractivity contribution in [1.29, 1.82) is 0 Å². The predicted molar refractivity (Wildman–Crippen MR) is 80.9 cm³/mol. The van der Waals surface area contributed by atoms with Gasteiger partial charge >= 0.3 is 0 Å². The first-order valence-electron chi connectivity index (χ1n) is 6.92. The molecule has 0 amide bonds. The van der Waals surface area contributed by atoms with Gasteiger partial charge in [-0.25, -0.2) is 9.37 Å². The van der Waals surface area contributed by atoms with Crippen LogP contribution >= 0.6 is 0 Å². The van der Waals surface area contributed by atoms with E-state index in [0.29, 0.717) is 11.3 Å². The molecule has 0 spiro atoms. The van der Waals surface area contributed by atoms with Crippen molar-refractivity contribution < 1.29 is 9.18 Å². The Labute approximate surface area is 127 Å². The van der Waals surface area contributed by atoms with Crippen molar-refractivity contribution in [2.45, 2.75) is 13.0 Å². The molecule has 3 rings (SSSR count). The molecule has 2 heterocycles. The Morgan fingerprint density at radius 3 is 2.68 bits per heavy atom. The lowest BCUT2D eigenvalue weighted by Gasteiger charge is -2.02. The van der Waals surface area contributed by atoms with Gasteiger partial charge in [0.2, 0.25) is 0 Å². The van der Waals surface area contributed by atoms with E-state index in [0.717, 1.165) is 30.5 Å². The largest absolute Gasteiger partial charge is 0.336 e. The number of rotatable bonds is 5. The maximum absolute atomic E-state index is 12.9. The summed E-state index contributed by atoms with van der Waals surface area (Å²) in [4.78, 5) is 19.3. The summed E-state index contributed by atoms with van der Waals surface area (Å²) in [5.74, 6) is -0.227. The number of nitrogens with zero attached hydrogens (tertiary/aromatic N) is 3. The monoisotopic (exact) mass is 295 g/mol. The smallest absolute Gasteiger partial charge is 0.150 e. The molecule has 22 heavy (non-hydrogen) atoms. The Bertz CT molecular complexity index is 781. The molecule has 0 aliphatic heterocycles. The third kappa shape index (κ3) is 3.25. The zero-order valence-corrected chi connectivity index (χ0v) is 11.8. The van der Waals surface area contributed by atoms with Crippen molar-refractivity contribution in [3.63, 3.8) is 0 Å². The summed E-state index contributed by atoms with van der Waals surface area (Å²) in [6.07, 6.45) is 6.79. The molecule has 0 radical (unpaired) electrons. The molecule has 4 nitrogen and oxygen atoms in total. The van der Waals surface area contributed by atoms with E-state index < -0.39 is 0 Å². The van der Waals surface area contributed by atoms with Crippen molar-refractivity contribution in [3.05, 3.63) is 72.1 Å². The highest BCUT2D eigenvalue weighted by Gasteiger charge is 2.05. The van der Waals surface area contributed by atoms with Crippen LogP contribution in [0.3, 0.4) is 0 Å². The van der Waals surface area contributed by atoms with E-state index in [-0.39, 0.29) is 5.82 Å². The standard InChI is InChI=1S/C17H14FN3O/c18-15-3-1-13(2-4-15)6-8-21-10-17(20-12-21)16-9-14(11-22)5-7-19-16/h1-5,7,9-12H,6,8H2. The van der Waals surface area contributed by atoms with Gasteiger partial charge in [-0.15, -0.1) is 0 Å². The SMILES string of the molecule is O=Cc1ccnc(-c2cn(CCc3ccc(F)cc3)cn2)c1. The number of aromatic nitrogens is 3. The number of carbonyl (C=O) groups is 1. The number of hydrogen-bond acceptors (Lipinski definition) is 3. The van der Waals surface area contributed by atoms with Crippen molar-refractivity contribution in [3.8, 4) is 11.4 Å². The van der Waals surface area contributed by atoms with Gasteiger partial charge in [0.25, 0.3) is 0 Å². The van der Waals surface area contributed by atoms with E-state index in [1.807, 2.05) is 10.8 Å². The van der Waals surface area contributed by atoms with Gasteiger partial charge in [-0.05, 0) is 36.2 Å². The summed E-state index contributed by atoms with van der Waals surface area (Å²) in [6, 6.07) is 9.85. The van der Waals surface area contributed by atoms with E-state index in [2.05, 4.69) is 9.97 Å². The van der Waals surface area contributed by atoms with E-state index in [1.165, 1.54) is 12.1 Å². The molecule has 5 heteroatoms. The Hall–Kier alpha value is -2.82. The normalized spacial score (nSPS) is 10.6. The number of benzene rings is 1. The minimum atomic E-state index is -0.227. The topological polar surface area (TPSA) is 47.8 Å². The zero-order chi connectivity index (χ0) is 15.4. The molecule has 0 aliphatic carbocycles. The average molecular weight is 295 g/mol. The van der Waals surface area contributed by atoms with Crippen molar-refractivity contribution in [2.75, 3.05) is 0 Å². The van der Waals surface area contributed by atoms with E-state index in [9.17, 15) is 9.18 Å². The number of hydrogen-bond donors (Lipinski definition) is 0. The maximum atomic E-state index is 12.9. The Morgan fingerprint density at radius 2 is 1.91 bits per heavy atom. The highest BCUT2D eigenvalue weighted by Crippen LogP contribution is 2.15. The van der Waals surface area contributed by atoms with Gasteiger partial charge in [-0.3, -0.25) is 9.78 Å². The molecule has 0 saturated carbocycles. The summed E-state index contributed by atoms with van der Waals surface area (Å²) >= 11 is 0. The maximum Gasteiger partial charge on any atom is 0.150 e. The first-order chi connectivity index (χ1) is 10.7. The molecule has 0 N–H and O–H groups in total. The van der Waals surface area contributed by atoms with Gasteiger partial charge in [0.15, 0.2) is 0 Å². The molecule has 0 aliphatic rings. The first kappa shape index (κ1) is 14.1. The van der Waals surface area contributed by atoms with Crippen molar-refractivity contribution in [1.82, 2.24) is 14.5 Å². The zero-order valence-electron chi connectivity index (χ0n) is 11.8. The minimum Gasteiger partial charge on any atom is -0.336 e.